The Morgan fingerprint density at radius 2 is 1.10 bits per heavy atom. The molecule has 0 aromatic rings. The van der Waals surface area contributed by atoms with Crippen molar-refractivity contribution >= 4 is 11.8 Å². The predicted octanol–water partition coefficient (Wildman–Crippen LogP) is 1.00. The molecule has 0 aromatic heterocycles. The highest BCUT2D eigenvalue weighted by Gasteiger charge is 2.02. The van der Waals surface area contributed by atoms with Crippen LogP contribution in [0.3, 0.4) is 0 Å². The zero-order valence-corrected chi connectivity index (χ0v) is 18.9. The van der Waals surface area contributed by atoms with E-state index in [1.54, 1.807) is 0 Å². The Morgan fingerprint density at radius 3 is 1.52 bits per heavy atom. The second-order valence-corrected chi connectivity index (χ2v) is 6.18. The molecule has 0 fully saturated rings. The lowest BCUT2D eigenvalue weighted by Gasteiger charge is -2.09. The zero-order chi connectivity index (χ0) is 22.2. The van der Waals surface area contributed by atoms with Crippen LogP contribution in [-0.2, 0) is 33.3 Å². The molecule has 0 spiro atoms. The summed E-state index contributed by atoms with van der Waals surface area (Å²) in [6, 6.07) is 0. The molecular weight excluding hydrogens is 380 g/mol. The fourth-order valence-corrected chi connectivity index (χ4v) is 1.71. The third-order valence-electron chi connectivity index (χ3n) is 3.05. The topological polar surface area (TPSA) is 104 Å². The first-order valence-corrected chi connectivity index (χ1v) is 10.4. The highest BCUT2D eigenvalue weighted by atomic mass is 16.6. The average molecular weight is 423 g/mol. The van der Waals surface area contributed by atoms with Crippen LogP contribution >= 0.6 is 0 Å². The third-order valence-corrected chi connectivity index (χ3v) is 3.05. The standard InChI is InChI=1S/C18H36N2O7.C2H6/c1-16(2)14-20-18(22)15-27-13-12-26-11-10-25-9-8-24-7-6-23-5-4-19-17(3)21;1-2/h16H,4-15H2,1-3H3,(H,19,21)(H,20,22);1-2H3. The summed E-state index contributed by atoms with van der Waals surface area (Å²) in [5, 5.41) is 5.42. The molecule has 0 radical (unpaired) electrons. The maximum Gasteiger partial charge on any atom is 0.246 e. The van der Waals surface area contributed by atoms with Crippen LogP contribution in [0.1, 0.15) is 34.6 Å². The second-order valence-electron chi connectivity index (χ2n) is 6.18. The van der Waals surface area contributed by atoms with Gasteiger partial charge in [0.25, 0.3) is 0 Å². The quantitative estimate of drug-likeness (QED) is 0.299. The van der Waals surface area contributed by atoms with Crippen LogP contribution in [0, 0.1) is 5.92 Å². The molecule has 0 atom stereocenters. The fraction of sp³-hybridized carbons (Fsp3) is 0.900. The van der Waals surface area contributed by atoms with Crippen LogP contribution in [0.15, 0.2) is 0 Å². The molecular formula is C20H42N2O7. The Hall–Kier alpha value is -1.26. The van der Waals surface area contributed by atoms with Gasteiger partial charge >= 0.3 is 0 Å². The SMILES string of the molecule is CC.CC(=O)NCCOCCOCCOCCOCCOCC(=O)NCC(C)C. The van der Waals surface area contributed by atoms with Crippen molar-refractivity contribution in [3.8, 4) is 0 Å². The number of carbonyl (C=O) groups excluding carboxylic acids is 2. The second kappa shape index (κ2) is 24.8. The van der Waals surface area contributed by atoms with E-state index in [0.717, 1.165) is 0 Å². The molecule has 0 aliphatic heterocycles. The van der Waals surface area contributed by atoms with Gasteiger partial charge in [-0.3, -0.25) is 9.59 Å². The number of carbonyl (C=O) groups is 2. The normalized spacial score (nSPS) is 10.4. The summed E-state index contributed by atoms with van der Waals surface area (Å²) in [5.74, 6) is 0.260. The van der Waals surface area contributed by atoms with Crippen molar-refractivity contribution in [2.45, 2.75) is 34.6 Å². The minimum atomic E-state index is -0.106. The van der Waals surface area contributed by atoms with Crippen LogP contribution in [0.25, 0.3) is 0 Å². The van der Waals surface area contributed by atoms with Crippen molar-refractivity contribution in [1.82, 2.24) is 10.6 Å². The van der Waals surface area contributed by atoms with E-state index < -0.39 is 0 Å². The van der Waals surface area contributed by atoms with Crippen LogP contribution in [0.5, 0.6) is 0 Å². The van der Waals surface area contributed by atoms with E-state index in [9.17, 15) is 9.59 Å². The first-order chi connectivity index (χ1) is 14.0. The zero-order valence-electron chi connectivity index (χ0n) is 18.9. The number of hydrogen-bond acceptors (Lipinski definition) is 7. The van der Waals surface area contributed by atoms with E-state index >= 15 is 0 Å². The van der Waals surface area contributed by atoms with E-state index in [2.05, 4.69) is 10.6 Å². The summed E-state index contributed by atoms with van der Waals surface area (Å²) in [6.45, 7) is 14.9. The number of ether oxygens (including phenoxy) is 5. The van der Waals surface area contributed by atoms with Crippen molar-refractivity contribution in [3.63, 3.8) is 0 Å². The maximum absolute atomic E-state index is 11.4. The van der Waals surface area contributed by atoms with Gasteiger partial charge in [0.15, 0.2) is 0 Å². The van der Waals surface area contributed by atoms with E-state index in [1.807, 2.05) is 27.7 Å². The summed E-state index contributed by atoms with van der Waals surface area (Å²) < 4.78 is 26.5. The van der Waals surface area contributed by atoms with E-state index in [1.165, 1.54) is 6.92 Å². The molecule has 0 aliphatic rings. The number of hydrogen-bond donors (Lipinski definition) is 2. The summed E-state index contributed by atoms with van der Waals surface area (Å²) in [6.07, 6.45) is 0. The first-order valence-electron chi connectivity index (χ1n) is 10.4. The van der Waals surface area contributed by atoms with Gasteiger partial charge in [-0.1, -0.05) is 27.7 Å². The van der Waals surface area contributed by atoms with Gasteiger partial charge in [0.05, 0.1) is 59.5 Å². The molecule has 0 aliphatic carbocycles. The Kier molecular flexibility index (Phi) is 25.6. The Morgan fingerprint density at radius 1 is 0.690 bits per heavy atom. The highest BCUT2D eigenvalue weighted by Crippen LogP contribution is 1.87. The molecule has 0 saturated carbocycles. The largest absolute Gasteiger partial charge is 0.377 e. The van der Waals surface area contributed by atoms with Crippen LogP contribution < -0.4 is 10.6 Å². The summed E-state index contributed by atoms with van der Waals surface area (Å²) in [7, 11) is 0. The van der Waals surface area contributed by atoms with Gasteiger partial charge in [0, 0.05) is 20.0 Å². The maximum atomic E-state index is 11.4. The van der Waals surface area contributed by atoms with Crippen molar-refractivity contribution < 1.29 is 33.3 Å². The van der Waals surface area contributed by atoms with Gasteiger partial charge in [-0.05, 0) is 5.92 Å². The number of amides is 2. The lowest BCUT2D eigenvalue weighted by molar-refractivity contribution is -0.126. The van der Waals surface area contributed by atoms with Gasteiger partial charge in [0.1, 0.15) is 6.61 Å². The molecule has 2 N–H and O–H groups in total. The van der Waals surface area contributed by atoms with Crippen molar-refractivity contribution in [2.75, 3.05) is 79.2 Å². The number of nitrogens with one attached hydrogen (secondary N) is 2. The van der Waals surface area contributed by atoms with Crippen LogP contribution in [0.4, 0.5) is 0 Å². The molecule has 0 unspecified atom stereocenters. The molecule has 174 valence electrons. The summed E-state index contributed by atoms with van der Waals surface area (Å²) in [4.78, 5) is 22.0. The van der Waals surface area contributed by atoms with Gasteiger partial charge < -0.3 is 34.3 Å². The summed E-state index contributed by atoms with van der Waals surface area (Å²) in [5.41, 5.74) is 0. The van der Waals surface area contributed by atoms with Gasteiger partial charge in [-0.25, -0.2) is 0 Å². The van der Waals surface area contributed by atoms with E-state index in [-0.39, 0.29) is 18.4 Å². The van der Waals surface area contributed by atoms with E-state index in [0.29, 0.717) is 78.5 Å². The average Bonchev–Trinajstić information content (AvgIpc) is 2.70. The van der Waals surface area contributed by atoms with Gasteiger partial charge in [-0.15, -0.1) is 0 Å². The monoisotopic (exact) mass is 422 g/mol. The molecule has 2 amide bonds. The molecule has 0 saturated heterocycles. The molecule has 0 heterocycles. The Balaban J connectivity index is 0. The fourth-order valence-electron chi connectivity index (χ4n) is 1.71. The Bertz CT molecular complexity index is 369. The summed E-state index contributed by atoms with van der Waals surface area (Å²) >= 11 is 0. The lowest BCUT2D eigenvalue weighted by Crippen LogP contribution is -2.31. The van der Waals surface area contributed by atoms with Crippen molar-refractivity contribution in [1.29, 1.82) is 0 Å². The smallest absolute Gasteiger partial charge is 0.246 e. The predicted molar refractivity (Wildman–Crippen MR) is 112 cm³/mol. The molecule has 9 heteroatoms. The highest BCUT2D eigenvalue weighted by molar-refractivity contribution is 5.77. The molecule has 0 aromatic carbocycles. The van der Waals surface area contributed by atoms with E-state index in [4.69, 9.17) is 23.7 Å². The van der Waals surface area contributed by atoms with Crippen LogP contribution in [0.2, 0.25) is 0 Å². The molecule has 0 rings (SSSR count). The Labute approximate surface area is 176 Å². The minimum absolute atomic E-state index is 0.0564. The van der Waals surface area contributed by atoms with Crippen molar-refractivity contribution in [2.24, 2.45) is 5.92 Å². The van der Waals surface area contributed by atoms with Gasteiger partial charge in [-0.2, -0.15) is 0 Å². The van der Waals surface area contributed by atoms with Crippen LogP contribution in [-0.4, -0.2) is 91.0 Å². The van der Waals surface area contributed by atoms with Crippen molar-refractivity contribution in [3.05, 3.63) is 0 Å². The lowest BCUT2D eigenvalue weighted by atomic mass is 10.2. The number of rotatable bonds is 19. The molecule has 0 bridgehead atoms. The first kappa shape index (κ1) is 29.9. The molecule has 9 nitrogen and oxygen atoms in total. The minimum Gasteiger partial charge on any atom is -0.377 e. The van der Waals surface area contributed by atoms with Gasteiger partial charge in [0.2, 0.25) is 11.8 Å². The third kappa shape index (κ3) is 29.0. The molecule has 29 heavy (non-hydrogen) atoms.